The van der Waals surface area contributed by atoms with Gasteiger partial charge in [0.2, 0.25) is 0 Å². The van der Waals surface area contributed by atoms with Crippen molar-refractivity contribution in [3.63, 3.8) is 0 Å². The molecule has 0 spiro atoms. The fourth-order valence-corrected chi connectivity index (χ4v) is 5.92. The van der Waals surface area contributed by atoms with Gasteiger partial charge in [0.15, 0.2) is 0 Å². The first-order chi connectivity index (χ1) is 16.9. The zero-order chi connectivity index (χ0) is 24.6. The van der Waals surface area contributed by atoms with Gasteiger partial charge in [-0.2, -0.15) is 0 Å². The maximum absolute atomic E-state index is 13.7. The Kier molecular flexibility index (Phi) is 6.55. The van der Waals surface area contributed by atoms with Gasteiger partial charge >= 0.3 is 0 Å². The predicted molar refractivity (Wildman–Crippen MR) is 141 cm³/mol. The van der Waals surface area contributed by atoms with E-state index >= 15 is 0 Å². The van der Waals surface area contributed by atoms with Crippen LogP contribution in [0.15, 0.2) is 94.3 Å². The molecule has 0 aliphatic carbocycles. The molecule has 1 aromatic heterocycles. The fraction of sp³-hybridized carbons (Fsp3) is 0.115. The predicted octanol–water partition coefficient (Wildman–Crippen LogP) is 6.34. The molecule has 178 valence electrons. The third-order valence-corrected chi connectivity index (χ3v) is 8.20. The second-order valence-electron chi connectivity index (χ2n) is 7.91. The van der Waals surface area contributed by atoms with Crippen molar-refractivity contribution in [3.05, 3.63) is 106 Å². The molecule has 9 heteroatoms. The van der Waals surface area contributed by atoms with Gasteiger partial charge in [0.05, 0.1) is 28.8 Å². The van der Waals surface area contributed by atoms with E-state index in [0.29, 0.717) is 29.1 Å². The van der Waals surface area contributed by atoms with Crippen molar-refractivity contribution in [2.24, 2.45) is 0 Å². The largest absolute Gasteiger partial charge is 0.494 e. The Morgan fingerprint density at radius 2 is 1.80 bits per heavy atom. The average molecular weight is 571 g/mol. The van der Waals surface area contributed by atoms with Crippen LogP contribution >= 0.6 is 27.5 Å². The highest BCUT2D eigenvalue weighted by Crippen LogP contribution is 2.39. The summed E-state index contributed by atoms with van der Waals surface area (Å²) in [7, 11) is -3.91. The number of sulfonamides is 1. The summed E-state index contributed by atoms with van der Waals surface area (Å²) in [5, 5.41) is 1.05. The Morgan fingerprint density at radius 1 is 1.06 bits per heavy atom. The van der Waals surface area contributed by atoms with Crippen LogP contribution in [0.2, 0.25) is 5.15 Å². The highest BCUT2D eigenvalue weighted by atomic mass is 79.9. The van der Waals surface area contributed by atoms with E-state index in [4.69, 9.17) is 16.3 Å². The second-order valence-corrected chi connectivity index (χ2v) is 11.0. The van der Waals surface area contributed by atoms with E-state index in [2.05, 4.69) is 26.3 Å². The molecule has 6 nitrogen and oxygen atoms in total. The first-order valence-corrected chi connectivity index (χ1v) is 13.5. The SMILES string of the molecule is CCOc1ccc2cc([C@H]3C=C(c4ccc(Br)cc4)NN3S(=O)(=O)c3ccccc3)c(Cl)nc2c1. The van der Waals surface area contributed by atoms with E-state index < -0.39 is 16.1 Å². The van der Waals surface area contributed by atoms with Crippen LogP contribution in [0.25, 0.3) is 16.6 Å². The molecule has 2 heterocycles. The molecule has 0 saturated carbocycles. The number of hydrogen-bond acceptors (Lipinski definition) is 5. The standard InChI is InChI=1S/C26H21BrClN3O3S/c1-2-34-20-13-10-18-14-22(26(28)29-23(18)15-20)25-16-24(17-8-11-19(27)12-9-17)30-31(25)35(32,33)21-6-4-3-5-7-21/h3-16,25,30H,2H2,1H3/t25-/m1/s1. The van der Waals surface area contributed by atoms with E-state index in [1.54, 1.807) is 30.3 Å². The van der Waals surface area contributed by atoms with Crippen molar-refractivity contribution in [3.8, 4) is 5.75 Å². The zero-order valence-electron chi connectivity index (χ0n) is 18.7. The Hall–Kier alpha value is -2.91. The minimum atomic E-state index is -3.91. The van der Waals surface area contributed by atoms with Gasteiger partial charge in [-0.3, -0.25) is 0 Å². The summed E-state index contributed by atoms with van der Waals surface area (Å²) in [6.45, 7) is 2.46. The number of pyridine rings is 1. The van der Waals surface area contributed by atoms with Crippen LogP contribution in [0.5, 0.6) is 5.75 Å². The normalized spacial score (nSPS) is 16.2. The molecular formula is C26H21BrClN3O3S. The maximum atomic E-state index is 13.7. The summed E-state index contributed by atoms with van der Waals surface area (Å²) in [5.41, 5.74) is 5.84. The summed E-state index contributed by atoms with van der Waals surface area (Å²) in [4.78, 5) is 4.74. The minimum absolute atomic E-state index is 0.175. The van der Waals surface area contributed by atoms with Crippen molar-refractivity contribution in [1.82, 2.24) is 14.8 Å². The Morgan fingerprint density at radius 3 is 2.51 bits per heavy atom. The smallest absolute Gasteiger partial charge is 0.260 e. The van der Waals surface area contributed by atoms with Crippen molar-refractivity contribution in [2.75, 3.05) is 6.61 Å². The monoisotopic (exact) mass is 569 g/mol. The number of nitrogens with one attached hydrogen (secondary N) is 1. The van der Waals surface area contributed by atoms with Crippen molar-refractivity contribution in [1.29, 1.82) is 0 Å². The molecule has 0 bridgehead atoms. The second kappa shape index (κ2) is 9.62. The molecule has 0 unspecified atom stereocenters. The molecule has 5 rings (SSSR count). The summed E-state index contributed by atoms with van der Waals surface area (Å²) < 4.78 is 35.1. The first-order valence-electron chi connectivity index (χ1n) is 10.9. The fourth-order valence-electron chi connectivity index (χ4n) is 3.98. The Bertz CT molecular complexity index is 1530. The number of aromatic nitrogens is 1. The van der Waals surface area contributed by atoms with Gasteiger partial charge in [0.1, 0.15) is 10.9 Å². The molecule has 1 aliphatic rings. The molecule has 0 saturated heterocycles. The highest BCUT2D eigenvalue weighted by Gasteiger charge is 2.38. The van der Waals surface area contributed by atoms with Crippen LogP contribution in [0.3, 0.4) is 0 Å². The third-order valence-electron chi connectivity index (χ3n) is 5.66. The summed E-state index contributed by atoms with van der Waals surface area (Å²) in [5.74, 6) is 0.699. The lowest BCUT2D eigenvalue weighted by atomic mass is 10.0. The summed E-state index contributed by atoms with van der Waals surface area (Å²) in [6.07, 6.45) is 1.85. The number of ether oxygens (including phenoxy) is 1. The number of rotatable bonds is 6. The van der Waals surface area contributed by atoms with Crippen LogP contribution in [-0.2, 0) is 10.0 Å². The van der Waals surface area contributed by atoms with Crippen LogP contribution in [0.1, 0.15) is 24.1 Å². The number of hydrogen-bond donors (Lipinski definition) is 1. The topological polar surface area (TPSA) is 71.5 Å². The van der Waals surface area contributed by atoms with Crippen molar-refractivity contribution in [2.45, 2.75) is 17.9 Å². The lowest BCUT2D eigenvalue weighted by Crippen LogP contribution is -2.39. The molecule has 1 aliphatic heterocycles. The third kappa shape index (κ3) is 4.67. The van der Waals surface area contributed by atoms with Gasteiger partial charge in [-0.05, 0) is 61.0 Å². The summed E-state index contributed by atoms with van der Waals surface area (Å²) in [6, 6.07) is 22.7. The molecule has 0 radical (unpaired) electrons. The number of fused-ring (bicyclic) bond motifs is 1. The molecule has 0 amide bonds. The van der Waals surface area contributed by atoms with E-state index in [1.165, 1.54) is 4.41 Å². The lowest BCUT2D eigenvalue weighted by Gasteiger charge is -2.25. The van der Waals surface area contributed by atoms with Gasteiger partial charge in [-0.1, -0.05) is 57.9 Å². The molecular weight excluding hydrogens is 550 g/mol. The van der Waals surface area contributed by atoms with Crippen LogP contribution in [0, 0.1) is 0 Å². The van der Waals surface area contributed by atoms with E-state index in [-0.39, 0.29) is 10.0 Å². The minimum Gasteiger partial charge on any atom is -0.494 e. The molecule has 1 atom stereocenters. The molecule has 35 heavy (non-hydrogen) atoms. The van der Waals surface area contributed by atoms with Gasteiger partial charge in [0, 0.05) is 21.5 Å². The summed E-state index contributed by atoms with van der Waals surface area (Å²) >= 11 is 10.1. The number of benzene rings is 3. The zero-order valence-corrected chi connectivity index (χ0v) is 21.8. The van der Waals surface area contributed by atoms with Crippen molar-refractivity contribution >= 4 is 54.2 Å². The van der Waals surface area contributed by atoms with E-state index in [9.17, 15) is 8.42 Å². The van der Waals surface area contributed by atoms with Gasteiger partial charge in [-0.25, -0.2) is 13.4 Å². The number of halogens is 2. The van der Waals surface area contributed by atoms with Gasteiger partial charge in [-0.15, -0.1) is 4.41 Å². The number of nitrogens with zero attached hydrogens (tertiary/aromatic N) is 2. The quantitative estimate of drug-likeness (QED) is 0.274. The van der Waals surface area contributed by atoms with Crippen LogP contribution < -0.4 is 10.2 Å². The Labute approximate surface area is 217 Å². The van der Waals surface area contributed by atoms with Gasteiger partial charge < -0.3 is 10.2 Å². The van der Waals surface area contributed by atoms with E-state index in [0.717, 1.165) is 15.4 Å². The first kappa shape index (κ1) is 23.8. The van der Waals surface area contributed by atoms with Crippen molar-refractivity contribution < 1.29 is 13.2 Å². The maximum Gasteiger partial charge on any atom is 0.260 e. The van der Waals surface area contributed by atoms with Crippen LogP contribution in [0.4, 0.5) is 0 Å². The van der Waals surface area contributed by atoms with E-state index in [1.807, 2.05) is 61.5 Å². The highest BCUT2D eigenvalue weighted by molar-refractivity contribution is 9.10. The van der Waals surface area contributed by atoms with Gasteiger partial charge in [0.25, 0.3) is 10.0 Å². The number of hydrazine groups is 1. The lowest BCUT2D eigenvalue weighted by molar-refractivity contribution is 0.340. The Balaban J connectivity index is 1.63. The molecule has 3 aromatic carbocycles. The molecule has 0 fully saturated rings. The average Bonchev–Trinajstić information content (AvgIpc) is 3.31. The molecule has 4 aromatic rings. The van der Waals surface area contributed by atoms with Crippen LogP contribution in [-0.4, -0.2) is 24.4 Å². The molecule has 1 N–H and O–H groups in total.